The van der Waals surface area contributed by atoms with E-state index in [1.54, 1.807) is 0 Å². The van der Waals surface area contributed by atoms with Gasteiger partial charge in [-0.15, -0.1) is 10.2 Å². The molecule has 0 aliphatic carbocycles. The van der Waals surface area contributed by atoms with Gasteiger partial charge in [-0.1, -0.05) is 51.4 Å². The van der Waals surface area contributed by atoms with Gasteiger partial charge in [0, 0.05) is 26.3 Å². The van der Waals surface area contributed by atoms with Gasteiger partial charge in [-0.3, -0.25) is 0 Å². The lowest BCUT2D eigenvalue weighted by atomic mass is 10.1. The first kappa shape index (κ1) is 16.6. The van der Waals surface area contributed by atoms with Crippen LogP contribution in [0.2, 0.25) is 5.02 Å². The fraction of sp³-hybridized carbons (Fsp3) is 0.118. The quantitative estimate of drug-likeness (QED) is 0.560. The first-order valence-electron chi connectivity index (χ1n) is 7.41. The molecular formula is C17H12BrClN4OS. The second kappa shape index (κ2) is 6.82. The summed E-state index contributed by atoms with van der Waals surface area (Å²) in [6.07, 6.45) is 1.46. The van der Waals surface area contributed by atoms with Crippen LogP contribution in [0.3, 0.4) is 0 Å². The fourth-order valence-corrected chi connectivity index (χ4v) is 3.43. The predicted molar refractivity (Wildman–Crippen MR) is 103 cm³/mol. The Labute approximate surface area is 162 Å². The minimum Gasteiger partial charge on any atom is -0.448 e. The van der Waals surface area contributed by atoms with Crippen LogP contribution in [0, 0.1) is 0 Å². The highest BCUT2D eigenvalue weighted by Gasteiger charge is 2.26. The van der Waals surface area contributed by atoms with Crippen LogP contribution in [0.4, 0.5) is 5.69 Å². The molecule has 2 aromatic carbocycles. The maximum atomic E-state index is 6.15. The average molecular weight is 436 g/mol. The summed E-state index contributed by atoms with van der Waals surface area (Å²) in [6.45, 7) is 0. The first-order valence-corrected chi connectivity index (χ1v) is 9.81. The number of nitrogens with one attached hydrogen (secondary N) is 1. The van der Waals surface area contributed by atoms with Gasteiger partial charge in [0.2, 0.25) is 11.0 Å². The highest BCUT2D eigenvalue weighted by atomic mass is 79.9. The third-order valence-electron chi connectivity index (χ3n) is 3.72. The molecule has 1 N–H and O–H groups in total. The van der Waals surface area contributed by atoms with E-state index in [0.717, 1.165) is 21.3 Å². The maximum Gasteiger partial charge on any atom is 0.247 e. The van der Waals surface area contributed by atoms with Crippen LogP contribution in [0.25, 0.3) is 11.3 Å². The second-order valence-electron chi connectivity index (χ2n) is 5.34. The van der Waals surface area contributed by atoms with Gasteiger partial charge in [-0.2, -0.15) is 4.98 Å². The molecule has 0 bridgehead atoms. The molecule has 5 nitrogen and oxygen atoms in total. The van der Waals surface area contributed by atoms with Crippen molar-refractivity contribution in [2.24, 2.45) is 0 Å². The molecule has 3 aromatic rings. The summed E-state index contributed by atoms with van der Waals surface area (Å²) in [6, 6.07) is 13.4. The van der Waals surface area contributed by atoms with E-state index in [1.807, 2.05) is 48.7 Å². The van der Waals surface area contributed by atoms with E-state index in [0.29, 0.717) is 21.8 Å². The molecule has 126 valence electrons. The van der Waals surface area contributed by atoms with Crippen molar-refractivity contribution < 1.29 is 4.74 Å². The van der Waals surface area contributed by atoms with Gasteiger partial charge in [0.15, 0.2) is 11.9 Å². The second-order valence-corrected chi connectivity index (χ2v) is 7.46. The molecule has 1 atom stereocenters. The van der Waals surface area contributed by atoms with Crippen molar-refractivity contribution in [3.8, 4) is 17.1 Å². The van der Waals surface area contributed by atoms with E-state index >= 15 is 0 Å². The number of nitrogens with zero attached hydrogens (tertiary/aromatic N) is 3. The summed E-state index contributed by atoms with van der Waals surface area (Å²) in [5.41, 5.74) is 3.27. The van der Waals surface area contributed by atoms with Crippen molar-refractivity contribution in [1.82, 2.24) is 15.2 Å². The Morgan fingerprint density at radius 3 is 2.88 bits per heavy atom. The number of benzene rings is 2. The summed E-state index contributed by atoms with van der Waals surface area (Å²) in [4.78, 5) is 4.50. The Balaban J connectivity index is 1.88. The number of ether oxygens (including phenoxy) is 1. The van der Waals surface area contributed by atoms with Gasteiger partial charge in [-0.05, 0) is 36.6 Å². The molecule has 4 rings (SSSR count). The maximum absolute atomic E-state index is 6.15. The monoisotopic (exact) mass is 434 g/mol. The number of anilines is 1. The molecule has 0 fully saturated rings. The third-order valence-corrected chi connectivity index (χ3v) is 4.99. The molecule has 1 aromatic heterocycles. The molecule has 25 heavy (non-hydrogen) atoms. The van der Waals surface area contributed by atoms with Crippen LogP contribution in [0.1, 0.15) is 11.8 Å². The zero-order chi connectivity index (χ0) is 17.4. The van der Waals surface area contributed by atoms with Crippen LogP contribution in [-0.2, 0) is 0 Å². The highest BCUT2D eigenvalue weighted by Crippen LogP contribution is 2.40. The summed E-state index contributed by atoms with van der Waals surface area (Å²) in [5.74, 6) is 0.439. The Hall–Kier alpha value is -1.83. The number of fused-ring (bicyclic) bond motifs is 3. The molecule has 0 unspecified atom stereocenters. The zero-order valence-corrected chi connectivity index (χ0v) is 16.2. The Bertz CT molecular complexity index is 956. The van der Waals surface area contributed by atoms with Gasteiger partial charge in [-0.25, -0.2) is 0 Å². The van der Waals surface area contributed by atoms with Crippen LogP contribution >= 0.6 is 39.3 Å². The minimum absolute atomic E-state index is 0.439. The predicted octanol–water partition coefficient (Wildman–Crippen LogP) is 5.18. The van der Waals surface area contributed by atoms with Gasteiger partial charge in [0.05, 0.1) is 0 Å². The molecule has 0 radical (unpaired) electrons. The Kier molecular flexibility index (Phi) is 4.54. The number of aromatic nitrogens is 3. The molecule has 0 saturated heterocycles. The van der Waals surface area contributed by atoms with Crippen LogP contribution in [0.5, 0.6) is 5.88 Å². The topological polar surface area (TPSA) is 59.9 Å². The number of halogens is 2. The van der Waals surface area contributed by atoms with Gasteiger partial charge in [0.25, 0.3) is 0 Å². The van der Waals surface area contributed by atoms with E-state index in [9.17, 15) is 0 Å². The number of hydrogen-bond donors (Lipinski definition) is 1. The lowest BCUT2D eigenvalue weighted by Gasteiger charge is -2.19. The summed E-state index contributed by atoms with van der Waals surface area (Å²) in [7, 11) is 0. The molecular weight excluding hydrogens is 424 g/mol. The average Bonchev–Trinajstić information content (AvgIpc) is 2.77. The van der Waals surface area contributed by atoms with Crippen molar-refractivity contribution in [3.05, 3.63) is 57.5 Å². The first-order chi connectivity index (χ1) is 12.1. The van der Waals surface area contributed by atoms with Crippen molar-refractivity contribution in [3.63, 3.8) is 0 Å². The normalized spacial score (nSPS) is 15.4. The highest BCUT2D eigenvalue weighted by molar-refractivity contribution is 9.10. The van der Waals surface area contributed by atoms with Gasteiger partial charge < -0.3 is 10.1 Å². The van der Waals surface area contributed by atoms with Crippen LogP contribution < -0.4 is 10.1 Å². The van der Waals surface area contributed by atoms with Crippen molar-refractivity contribution in [2.75, 3.05) is 11.6 Å². The molecule has 1 aliphatic rings. The van der Waals surface area contributed by atoms with Crippen molar-refractivity contribution >= 4 is 45.0 Å². The fourth-order valence-electron chi connectivity index (χ4n) is 2.58. The lowest BCUT2D eigenvalue weighted by Crippen LogP contribution is -2.17. The van der Waals surface area contributed by atoms with Gasteiger partial charge >= 0.3 is 0 Å². The summed E-state index contributed by atoms with van der Waals surface area (Å²) >= 11 is 11.1. The SMILES string of the molecule is CSc1nnc2c(n1)O[C@@H](c1cccc(Cl)c1)Nc1ccc(Br)cc1-2. The standard InChI is InChI=1S/C17H12BrClN4OS/c1-25-17-21-16-14(22-23-17)12-8-10(18)5-6-13(12)20-15(24-16)9-3-2-4-11(19)7-9/h2-8,15,20H,1H3/t15-/m0/s1. The molecule has 0 spiro atoms. The molecule has 0 amide bonds. The van der Waals surface area contributed by atoms with E-state index in [1.165, 1.54) is 11.8 Å². The van der Waals surface area contributed by atoms with E-state index in [2.05, 4.69) is 36.4 Å². The summed E-state index contributed by atoms with van der Waals surface area (Å²) < 4.78 is 7.09. The van der Waals surface area contributed by atoms with Gasteiger partial charge in [0.1, 0.15) is 0 Å². The molecule has 1 aliphatic heterocycles. The number of thioether (sulfide) groups is 1. The largest absolute Gasteiger partial charge is 0.448 e. The number of hydrogen-bond acceptors (Lipinski definition) is 6. The molecule has 2 heterocycles. The molecule has 8 heteroatoms. The zero-order valence-electron chi connectivity index (χ0n) is 13.0. The van der Waals surface area contributed by atoms with E-state index in [4.69, 9.17) is 16.3 Å². The molecule has 0 saturated carbocycles. The number of rotatable bonds is 2. The minimum atomic E-state index is -0.439. The third kappa shape index (κ3) is 3.31. The van der Waals surface area contributed by atoms with E-state index < -0.39 is 6.23 Å². The Morgan fingerprint density at radius 1 is 1.20 bits per heavy atom. The smallest absolute Gasteiger partial charge is 0.247 e. The van der Waals surface area contributed by atoms with Crippen molar-refractivity contribution in [1.29, 1.82) is 0 Å². The Morgan fingerprint density at radius 2 is 2.08 bits per heavy atom. The van der Waals surface area contributed by atoms with Crippen molar-refractivity contribution in [2.45, 2.75) is 11.4 Å². The van der Waals surface area contributed by atoms with E-state index in [-0.39, 0.29) is 0 Å². The summed E-state index contributed by atoms with van der Waals surface area (Å²) in [5, 5.41) is 13.1. The van der Waals surface area contributed by atoms with Crippen LogP contribution in [-0.4, -0.2) is 21.4 Å². The van der Waals surface area contributed by atoms with Crippen LogP contribution in [0.15, 0.2) is 52.1 Å². The lowest BCUT2D eigenvalue weighted by molar-refractivity contribution is 0.225.